The van der Waals surface area contributed by atoms with E-state index in [0.717, 1.165) is 32.0 Å². The first-order chi connectivity index (χ1) is 10.7. The zero-order valence-electron chi connectivity index (χ0n) is 14.3. The second-order valence-electron chi connectivity index (χ2n) is 6.74. The van der Waals surface area contributed by atoms with Crippen LogP contribution in [-0.2, 0) is 11.2 Å². The van der Waals surface area contributed by atoms with Crippen molar-refractivity contribution in [3.63, 3.8) is 0 Å². The second kappa shape index (κ2) is 9.98. The standard InChI is InChI=1S/C19H32N2O/c1-18(2)17-21-13-11-20(12-14-21)10-6-15-22-16-9-19-7-4-3-5-8-19/h3-5,7-8,18H,6,9-17H2,1-2H3. The lowest BCUT2D eigenvalue weighted by Crippen LogP contribution is -2.47. The molecule has 0 spiro atoms. The van der Waals surface area contributed by atoms with E-state index in [1.165, 1.54) is 44.8 Å². The van der Waals surface area contributed by atoms with E-state index in [-0.39, 0.29) is 0 Å². The highest BCUT2D eigenvalue weighted by Gasteiger charge is 2.16. The Balaban J connectivity index is 1.46. The number of ether oxygens (including phenoxy) is 1. The van der Waals surface area contributed by atoms with Gasteiger partial charge in [-0.15, -0.1) is 0 Å². The summed E-state index contributed by atoms with van der Waals surface area (Å²) in [4.78, 5) is 5.18. The Bertz CT molecular complexity index is 386. The van der Waals surface area contributed by atoms with Crippen molar-refractivity contribution in [1.29, 1.82) is 0 Å². The summed E-state index contributed by atoms with van der Waals surface area (Å²) in [6.07, 6.45) is 2.17. The molecule has 3 heteroatoms. The number of benzene rings is 1. The first kappa shape index (κ1) is 17.5. The minimum absolute atomic E-state index is 0.782. The lowest BCUT2D eigenvalue weighted by molar-refractivity contribution is 0.0962. The second-order valence-corrected chi connectivity index (χ2v) is 6.74. The summed E-state index contributed by atoms with van der Waals surface area (Å²) in [5.74, 6) is 0.782. The Morgan fingerprint density at radius 2 is 1.64 bits per heavy atom. The number of hydrogen-bond donors (Lipinski definition) is 0. The molecule has 3 nitrogen and oxygen atoms in total. The molecule has 1 saturated heterocycles. The van der Waals surface area contributed by atoms with Crippen molar-refractivity contribution in [3.8, 4) is 0 Å². The predicted molar refractivity (Wildman–Crippen MR) is 93.3 cm³/mol. The lowest BCUT2D eigenvalue weighted by Gasteiger charge is -2.35. The van der Waals surface area contributed by atoms with Gasteiger partial charge >= 0.3 is 0 Å². The molecule has 1 fully saturated rings. The summed E-state index contributed by atoms with van der Waals surface area (Å²) >= 11 is 0. The first-order valence-corrected chi connectivity index (χ1v) is 8.80. The van der Waals surface area contributed by atoms with Crippen molar-refractivity contribution < 1.29 is 4.74 Å². The smallest absolute Gasteiger partial charge is 0.0506 e. The largest absolute Gasteiger partial charge is 0.381 e. The molecule has 0 amide bonds. The molecule has 1 aliphatic heterocycles. The summed E-state index contributed by atoms with van der Waals surface area (Å²) in [6, 6.07) is 10.6. The quantitative estimate of drug-likeness (QED) is 0.652. The van der Waals surface area contributed by atoms with Crippen LogP contribution >= 0.6 is 0 Å². The van der Waals surface area contributed by atoms with E-state index in [1.807, 2.05) is 0 Å². The van der Waals surface area contributed by atoms with Crippen LogP contribution in [0.4, 0.5) is 0 Å². The molecular weight excluding hydrogens is 272 g/mol. The molecule has 0 bridgehead atoms. The van der Waals surface area contributed by atoms with Gasteiger partial charge in [0.1, 0.15) is 0 Å². The molecule has 0 saturated carbocycles. The van der Waals surface area contributed by atoms with Crippen LogP contribution < -0.4 is 0 Å². The van der Waals surface area contributed by atoms with Gasteiger partial charge in [-0.3, -0.25) is 0 Å². The maximum absolute atomic E-state index is 5.77. The number of nitrogens with zero attached hydrogens (tertiary/aromatic N) is 2. The van der Waals surface area contributed by atoms with Crippen LogP contribution in [0, 0.1) is 5.92 Å². The monoisotopic (exact) mass is 304 g/mol. The molecule has 0 unspecified atom stereocenters. The Kier molecular flexibility index (Phi) is 7.92. The fourth-order valence-electron chi connectivity index (χ4n) is 3.04. The van der Waals surface area contributed by atoms with Gasteiger partial charge in [0.2, 0.25) is 0 Å². The van der Waals surface area contributed by atoms with Gasteiger partial charge in [0.25, 0.3) is 0 Å². The van der Waals surface area contributed by atoms with Crippen LogP contribution in [0.3, 0.4) is 0 Å². The molecular formula is C19H32N2O. The van der Waals surface area contributed by atoms with Gasteiger partial charge in [-0.05, 0) is 24.3 Å². The van der Waals surface area contributed by atoms with E-state index >= 15 is 0 Å². The Morgan fingerprint density at radius 1 is 0.955 bits per heavy atom. The maximum atomic E-state index is 5.77. The van der Waals surface area contributed by atoms with Crippen molar-refractivity contribution in [3.05, 3.63) is 35.9 Å². The summed E-state index contributed by atoms with van der Waals surface area (Å²) in [6.45, 7) is 13.7. The zero-order valence-corrected chi connectivity index (χ0v) is 14.3. The molecule has 0 N–H and O–H groups in total. The van der Waals surface area contributed by atoms with Crippen molar-refractivity contribution in [1.82, 2.24) is 9.80 Å². The number of hydrogen-bond acceptors (Lipinski definition) is 3. The van der Waals surface area contributed by atoms with Crippen LogP contribution in [0.5, 0.6) is 0 Å². The van der Waals surface area contributed by atoms with E-state index in [1.54, 1.807) is 0 Å². The third-order valence-electron chi connectivity index (χ3n) is 4.23. The van der Waals surface area contributed by atoms with Gasteiger partial charge in [-0.1, -0.05) is 44.2 Å². The Hall–Kier alpha value is -0.900. The van der Waals surface area contributed by atoms with Crippen LogP contribution in [0.1, 0.15) is 25.8 Å². The molecule has 22 heavy (non-hydrogen) atoms. The van der Waals surface area contributed by atoms with Gasteiger partial charge in [-0.25, -0.2) is 0 Å². The van der Waals surface area contributed by atoms with Crippen LogP contribution in [-0.4, -0.2) is 62.3 Å². The molecule has 1 heterocycles. The minimum Gasteiger partial charge on any atom is -0.381 e. The molecule has 0 radical (unpaired) electrons. The fourth-order valence-corrected chi connectivity index (χ4v) is 3.04. The third kappa shape index (κ3) is 6.91. The van der Waals surface area contributed by atoms with E-state index in [4.69, 9.17) is 4.74 Å². The highest BCUT2D eigenvalue weighted by molar-refractivity contribution is 5.14. The summed E-state index contributed by atoms with van der Waals surface area (Å²) in [7, 11) is 0. The van der Waals surface area contributed by atoms with Gasteiger partial charge in [0.15, 0.2) is 0 Å². The van der Waals surface area contributed by atoms with Gasteiger partial charge in [-0.2, -0.15) is 0 Å². The van der Waals surface area contributed by atoms with Gasteiger partial charge < -0.3 is 14.5 Å². The van der Waals surface area contributed by atoms with Crippen LogP contribution in [0.2, 0.25) is 0 Å². The summed E-state index contributed by atoms with van der Waals surface area (Å²) in [5.41, 5.74) is 1.36. The van der Waals surface area contributed by atoms with Crippen LogP contribution in [0.15, 0.2) is 30.3 Å². The Labute approximate surface area is 136 Å². The van der Waals surface area contributed by atoms with E-state index in [9.17, 15) is 0 Å². The Morgan fingerprint density at radius 3 is 2.32 bits per heavy atom. The van der Waals surface area contributed by atoms with Crippen molar-refractivity contribution in [2.24, 2.45) is 5.92 Å². The molecule has 1 aromatic carbocycles. The number of rotatable bonds is 9. The van der Waals surface area contributed by atoms with E-state index < -0.39 is 0 Å². The topological polar surface area (TPSA) is 15.7 Å². The van der Waals surface area contributed by atoms with E-state index in [2.05, 4.69) is 54.0 Å². The predicted octanol–water partition coefficient (Wildman–Crippen LogP) is 2.91. The molecule has 124 valence electrons. The molecule has 0 aromatic heterocycles. The van der Waals surface area contributed by atoms with Crippen molar-refractivity contribution in [2.75, 3.05) is 52.5 Å². The molecule has 1 aromatic rings. The van der Waals surface area contributed by atoms with Gasteiger partial charge in [0.05, 0.1) is 6.61 Å². The lowest BCUT2D eigenvalue weighted by atomic mass is 10.2. The highest BCUT2D eigenvalue weighted by atomic mass is 16.5. The molecule has 0 atom stereocenters. The van der Waals surface area contributed by atoms with Crippen molar-refractivity contribution >= 4 is 0 Å². The van der Waals surface area contributed by atoms with E-state index in [0.29, 0.717) is 0 Å². The summed E-state index contributed by atoms with van der Waals surface area (Å²) < 4.78 is 5.77. The third-order valence-corrected chi connectivity index (χ3v) is 4.23. The minimum atomic E-state index is 0.782. The first-order valence-electron chi connectivity index (χ1n) is 8.80. The molecule has 0 aliphatic carbocycles. The normalized spacial score (nSPS) is 17.2. The van der Waals surface area contributed by atoms with Gasteiger partial charge in [0, 0.05) is 45.9 Å². The zero-order chi connectivity index (χ0) is 15.6. The maximum Gasteiger partial charge on any atom is 0.0506 e. The average Bonchev–Trinajstić information content (AvgIpc) is 2.53. The average molecular weight is 304 g/mol. The molecule has 2 rings (SSSR count). The highest BCUT2D eigenvalue weighted by Crippen LogP contribution is 2.06. The SMILES string of the molecule is CC(C)CN1CCN(CCCOCCc2ccccc2)CC1. The molecule has 1 aliphatic rings. The summed E-state index contributed by atoms with van der Waals surface area (Å²) in [5, 5.41) is 0. The number of piperazine rings is 1. The van der Waals surface area contributed by atoms with Crippen molar-refractivity contribution in [2.45, 2.75) is 26.7 Å². The fraction of sp³-hybridized carbons (Fsp3) is 0.684. The van der Waals surface area contributed by atoms with Crippen LogP contribution in [0.25, 0.3) is 0 Å².